The van der Waals surface area contributed by atoms with E-state index in [0.717, 1.165) is 37.3 Å². The first-order chi connectivity index (χ1) is 13.7. The van der Waals surface area contributed by atoms with Gasteiger partial charge >= 0.3 is 0 Å². The van der Waals surface area contributed by atoms with E-state index >= 15 is 0 Å². The number of hydrogen-bond acceptors (Lipinski definition) is 4. The van der Waals surface area contributed by atoms with Gasteiger partial charge in [0, 0.05) is 25.2 Å². The predicted molar refractivity (Wildman–Crippen MR) is 110 cm³/mol. The van der Waals surface area contributed by atoms with Gasteiger partial charge in [0.25, 0.3) is 0 Å². The van der Waals surface area contributed by atoms with Crippen LogP contribution in [0.4, 0.5) is 8.78 Å². The summed E-state index contributed by atoms with van der Waals surface area (Å²) in [6.07, 6.45) is 0.912. The highest BCUT2D eigenvalue weighted by Crippen LogP contribution is 2.30. The average molecular weight is 496 g/mol. The predicted octanol–water partition coefficient (Wildman–Crippen LogP) is 4.54. The Kier molecular flexibility index (Phi) is 5.98. The van der Waals surface area contributed by atoms with Crippen LogP contribution in [-0.4, -0.2) is 33.0 Å². The zero-order valence-electron chi connectivity index (χ0n) is 15.1. The number of rotatable bonds is 6. The highest BCUT2D eigenvalue weighted by atomic mass is 127. The molecule has 0 N–H and O–H groups in total. The second-order valence-electron chi connectivity index (χ2n) is 6.87. The quantitative estimate of drug-likeness (QED) is 0.471. The number of benzene rings is 2. The second-order valence-corrected chi connectivity index (χ2v) is 7.49. The first-order valence-corrected chi connectivity index (χ1v) is 9.93. The minimum Gasteiger partial charge on any atom is -0.309 e. The monoisotopic (exact) mass is 496 g/mol. The summed E-state index contributed by atoms with van der Waals surface area (Å²) in [4.78, 5) is 2.30. The average Bonchev–Trinajstić information content (AvgIpc) is 3.31. The maximum Gasteiger partial charge on any atom is 0.132 e. The molecule has 4 rings (SSSR count). The molecule has 0 amide bonds. The molecule has 2 heterocycles. The highest BCUT2D eigenvalue weighted by Gasteiger charge is 2.28. The first-order valence-electron chi connectivity index (χ1n) is 9.05. The zero-order valence-corrected chi connectivity index (χ0v) is 17.2. The molecule has 1 aromatic heterocycles. The molecule has 0 aliphatic carbocycles. The van der Waals surface area contributed by atoms with E-state index in [1.807, 2.05) is 39.8 Å². The van der Waals surface area contributed by atoms with Gasteiger partial charge in [-0.15, -0.1) is 5.10 Å². The molecule has 1 fully saturated rings. The van der Waals surface area contributed by atoms with Gasteiger partial charge in [-0.2, -0.15) is 0 Å². The van der Waals surface area contributed by atoms with E-state index < -0.39 is 0 Å². The summed E-state index contributed by atoms with van der Waals surface area (Å²) in [5.74, 6) is -0.552. The largest absolute Gasteiger partial charge is 0.309 e. The second kappa shape index (κ2) is 8.62. The van der Waals surface area contributed by atoms with Crippen LogP contribution < -0.4 is 0 Å². The van der Waals surface area contributed by atoms with Gasteiger partial charge in [0.15, 0.2) is 0 Å². The van der Waals surface area contributed by atoms with E-state index in [0.29, 0.717) is 17.9 Å². The van der Waals surface area contributed by atoms with Crippen LogP contribution in [0.1, 0.15) is 23.7 Å². The van der Waals surface area contributed by atoms with Crippen molar-refractivity contribution in [2.45, 2.75) is 25.6 Å². The Morgan fingerprint density at radius 1 is 1.11 bits per heavy atom. The Balaban J connectivity index is 1.54. The standard InChI is InChI=1S/C20H19F2IN4O/c21-15-7-5-14(6-8-15)11-26-10-9-16(12-26)27-19(13-28-23)20(24-25-27)17-3-1-2-4-18(17)22/h1-8,16H,9-13H2/t16-/m1/s1. The highest BCUT2D eigenvalue weighted by molar-refractivity contribution is 14.1. The number of aromatic nitrogens is 3. The van der Waals surface area contributed by atoms with Crippen molar-refractivity contribution < 1.29 is 11.8 Å². The molecule has 3 aromatic rings. The molecule has 1 aliphatic heterocycles. The van der Waals surface area contributed by atoms with Crippen molar-refractivity contribution in [1.82, 2.24) is 19.9 Å². The van der Waals surface area contributed by atoms with Crippen LogP contribution in [0, 0.1) is 11.6 Å². The van der Waals surface area contributed by atoms with Gasteiger partial charge < -0.3 is 3.07 Å². The molecule has 0 unspecified atom stereocenters. The van der Waals surface area contributed by atoms with Crippen LogP contribution in [0.2, 0.25) is 0 Å². The topological polar surface area (TPSA) is 43.2 Å². The molecular formula is C20H19F2IN4O. The fourth-order valence-corrected chi connectivity index (χ4v) is 3.95. The molecule has 28 heavy (non-hydrogen) atoms. The van der Waals surface area contributed by atoms with E-state index in [2.05, 4.69) is 15.2 Å². The normalized spacial score (nSPS) is 17.3. The molecule has 0 radical (unpaired) electrons. The molecule has 5 nitrogen and oxygen atoms in total. The van der Waals surface area contributed by atoms with E-state index in [-0.39, 0.29) is 17.7 Å². The summed E-state index contributed by atoms with van der Waals surface area (Å²) in [7, 11) is 0. The first kappa shape index (κ1) is 19.4. The Labute approximate surface area is 176 Å². The third-order valence-electron chi connectivity index (χ3n) is 5.02. The lowest BCUT2D eigenvalue weighted by Gasteiger charge is -2.17. The fraction of sp³-hybridized carbons (Fsp3) is 0.300. The van der Waals surface area contributed by atoms with Crippen molar-refractivity contribution in [3.8, 4) is 11.3 Å². The van der Waals surface area contributed by atoms with Crippen LogP contribution in [-0.2, 0) is 16.2 Å². The Hall–Kier alpha value is -1.91. The molecule has 8 heteroatoms. The van der Waals surface area contributed by atoms with Crippen molar-refractivity contribution in [2.24, 2.45) is 0 Å². The van der Waals surface area contributed by atoms with Gasteiger partial charge in [-0.25, -0.2) is 13.5 Å². The summed E-state index contributed by atoms with van der Waals surface area (Å²) < 4.78 is 34.5. The van der Waals surface area contributed by atoms with Crippen LogP contribution in [0.3, 0.4) is 0 Å². The lowest BCUT2D eigenvalue weighted by Crippen LogP contribution is -2.22. The van der Waals surface area contributed by atoms with Gasteiger partial charge in [-0.1, -0.05) is 29.5 Å². The molecule has 1 atom stereocenters. The van der Waals surface area contributed by atoms with Crippen molar-refractivity contribution in [1.29, 1.82) is 0 Å². The molecule has 1 aliphatic rings. The minimum atomic E-state index is -0.325. The van der Waals surface area contributed by atoms with E-state index in [1.165, 1.54) is 18.2 Å². The zero-order chi connectivity index (χ0) is 19.5. The third-order valence-corrected chi connectivity index (χ3v) is 5.34. The van der Waals surface area contributed by atoms with Crippen LogP contribution in [0.15, 0.2) is 48.5 Å². The Bertz CT molecular complexity index is 948. The maximum atomic E-state index is 14.3. The van der Waals surface area contributed by atoms with E-state index in [9.17, 15) is 8.78 Å². The van der Waals surface area contributed by atoms with Crippen molar-refractivity contribution in [2.75, 3.05) is 13.1 Å². The smallest absolute Gasteiger partial charge is 0.132 e. The van der Waals surface area contributed by atoms with Gasteiger partial charge in [0.2, 0.25) is 0 Å². The number of hydrogen-bond donors (Lipinski definition) is 0. The van der Waals surface area contributed by atoms with Crippen LogP contribution in [0.5, 0.6) is 0 Å². The molecule has 0 saturated carbocycles. The van der Waals surface area contributed by atoms with Crippen LogP contribution >= 0.6 is 23.0 Å². The molecule has 1 saturated heterocycles. The van der Waals surface area contributed by atoms with Gasteiger partial charge in [0.1, 0.15) is 46.9 Å². The van der Waals surface area contributed by atoms with Gasteiger partial charge in [0.05, 0.1) is 11.7 Å². The fourth-order valence-electron chi connectivity index (χ4n) is 3.66. The third kappa shape index (κ3) is 4.08. The Morgan fingerprint density at radius 2 is 1.89 bits per heavy atom. The van der Waals surface area contributed by atoms with Crippen molar-refractivity contribution in [3.63, 3.8) is 0 Å². The maximum absolute atomic E-state index is 14.3. The van der Waals surface area contributed by atoms with Crippen molar-refractivity contribution >= 4 is 23.0 Å². The lowest BCUT2D eigenvalue weighted by atomic mass is 10.1. The van der Waals surface area contributed by atoms with Crippen molar-refractivity contribution in [3.05, 3.63) is 71.4 Å². The molecular weight excluding hydrogens is 477 g/mol. The molecule has 146 valence electrons. The number of nitrogens with zero attached hydrogens (tertiary/aromatic N) is 4. The number of halogens is 3. The summed E-state index contributed by atoms with van der Waals surface area (Å²) in [5, 5.41) is 8.59. The summed E-state index contributed by atoms with van der Waals surface area (Å²) in [6.45, 7) is 2.75. The SMILES string of the molecule is Fc1ccc(CN2CC[C@@H](n3nnc(-c4ccccc4F)c3COI)C2)cc1. The molecule has 0 spiro atoms. The van der Waals surface area contributed by atoms with Gasteiger partial charge in [-0.3, -0.25) is 4.90 Å². The summed E-state index contributed by atoms with van der Waals surface area (Å²) in [6, 6.07) is 13.3. The van der Waals surface area contributed by atoms with Gasteiger partial charge in [-0.05, 0) is 36.2 Å². The summed E-state index contributed by atoms with van der Waals surface area (Å²) in [5.41, 5.74) is 2.79. The molecule has 0 bridgehead atoms. The minimum absolute atomic E-state index is 0.134. The number of likely N-dealkylation sites (tertiary alicyclic amines) is 1. The Morgan fingerprint density at radius 3 is 2.64 bits per heavy atom. The molecule has 2 aromatic carbocycles. The van der Waals surface area contributed by atoms with E-state index in [1.54, 1.807) is 18.2 Å². The van der Waals surface area contributed by atoms with Crippen LogP contribution in [0.25, 0.3) is 11.3 Å². The van der Waals surface area contributed by atoms with E-state index in [4.69, 9.17) is 3.07 Å². The summed E-state index contributed by atoms with van der Waals surface area (Å²) >= 11 is 1.83. The lowest BCUT2D eigenvalue weighted by molar-refractivity contribution is 0.303.